The third kappa shape index (κ3) is 1.84. The second-order valence-electron chi connectivity index (χ2n) is 7.51. The van der Waals surface area contributed by atoms with Crippen molar-refractivity contribution >= 4 is 21.9 Å². The number of aromatic nitrogens is 2. The van der Waals surface area contributed by atoms with Crippen LogP contribution in [0.1, 0.15) is 47.2 Å². The summed E-state index contributed by atoms with van der Waals surface area (Å²) in [6, 6.07) is 6.33. The standard InChI is InChI=1S/C17H22N2O/c1-16(2,3)15-14-11-9-10-19(17(4,5)6)12(11)7-8-13(14)20-18-15/h7-10H,1-6H3. The fraction of sp³-hybridized carbons (Fsp3) is 0.471. The van der Waals surface area contributed by atoms with E-state index in [1.165, 1.54) is 10.9 Å². The Balaban J connectivity index is 2.42. The lowest BCUT2D eigenvalue weighted by Gasteiger charge is -2.22. The van der Waals surface area contributed by atoms with Gasteiger partial charge in [0.25, 0.3) is 0 Å². The fourth-order valence-electron chi connectivity index (χ4n) is 2.75. The van der Waals surface area contributed by atoms with E-state index >= 15 is 0 Å². The zero-order valence-corrected chi connectivity index (χ0v) is 13.1. The smallest absolute Gasteiger partial charge is 0.167 e. The van der Waals surface area contributed by atoms with E-state index in [0.717, 1.165) is 16.7 Å². The maximum atomic E-state index is 5.52. The van der Waals surface area contributed by atoms with E-state index in [1.807, 2.05) is 6.07 Å². The van der Waals surface area contributed by atoms with Crippen LogP contribution in [0.15, 0.2) is 28.9 Å². The van der Waals surface area contributed by atoms with Crippen molar-refractivity contribution in [2.24, 2.45) is 0 Å². The largest absolute Gasteiger partial charge is 0.356 e. The molecule has 3 rings (SSSR count). The van der Waals surface area contributed by atoms with Crippen LogP contribution in [0.3, 0.4) is 0 Å². The lowest BCUT2D eigenvalue weighted by molar-refractivity contribution is 0.411. The van der Waals surface area contributed by atoms with Crippen LogP contribution in [0.4, 0.5) is 0 Å². The molecule has 0 aliphatic rings. The SMILES string of the molecule is CC(C)(C)c1noc2ccc3c(ccn3C(C)(C)C)c12. The van der Waals surface area contributed by atoms with Crippen LogP contribution in [0.2, 0.25) is 0 Å². The van der Waals surface area contributed by atoms with Gasteiger partial charge in [-0.3, -0.25) is 0 Å². The number of hydrogen-bond acceptors (Lipinski definition) is 2. The van der Waals surface area contributed by atoms with Gasteiger partial charge in [0.15, 0.2) is 5.58 Å². The van der Waals surface area contributed by atoms with Crippen molar-refractivity contribution < 1.29 is 4.52 Å². The second-order valence-corrected chi connectivity index (χ2v) is 7.51. The topological polar surface area (TPSA) is 31.0 Å². The summed E-state index contributed by atoms with van der Waals surface area (Å²) in [5, 5.41) is 6.68. The molecule has 3 heteroatoms. The van der Waals surface area contributed by atoms with Crippen LogP contribution >= 0.6 is 0 Å². The molecule has 0 amide bonds. The summed E-state index contributed by atoms with van der Waals surface area (Å²) in [7, 11) is 0. The molecule has 20 heavy (non-hydrogen) atoms. The van der Waals surface area contributed by atoms with Gasteiger partial charge in [-0.2, -0.15) is 0 Å². The molecule has 106 valence electrons. The van der Waals surface area contributed by atoms with E-state index in [2.05, 4.69) is 69.6 Å². The van der Waals surface area contributed by atoms with E-state index in [1.54, 1.807) is 0 Å². The molecule has 0 aliphatic heterocycles. The summed E-state index contributed by atoms with van der Waals surface area (Å²) in [5.74, 6) is 0. The van der Waals surface area contributed by atoms with Gasteiger partial charge in [-0.1, -0.05) is 25.9 Å². The third-order valence-electron chi connectivity index (χ3n) is 3.74. The highest BCUT2D eigenvalue weighted by Gasteiger charge is 2.25. The van der Waals surface area contributed by atoms with Crippen molar-refractivity contribution in [3.05, 3.63) is 30.1 Å². The van der Waals surface area contributed by atoms with E-state index in [-0.39, 0.29) is 11.0 Å². The molecule has 0 N–H and O–H groups in total. The summed E-state index contributed by atoms with van der Waals surface area (Å²) in [6.45, 7) is 13.2. The molecule has 3 aromatic rings. The maximum Gasteiger partial charge on any atom is 0.167 e. The number of rotatable bonds is 0. The van der Waals surface area contributed by atoms with Gasteiger partial charge in [-0.05, 0) is 39.0 Å². The van der Waals surface area contributed by atoms with Gasteiger partial charge in [-0.25, -0.2) is 0 Å². The highest BCUT2D eigenvalue weighted by Crippen LogP contribution is 2.36. The third-order valence-corrected chi connectivity index (χ3v) is 3.74. The monoisotopic (exact) mass is 270 g/mol. The van der Waals surface area contributed by atoms with Crippen LogP contribution < -0.4 is 0 Å². The van der Waals surface area contributed by atoms with Crippen LogP contribution in [0.25, 0.3) is 21.9 Å². The van der Waals surface area contributed by atoms with E-state index in [0.29, 0.717) is 0 Å². The highest BCUT2D eigenvalue weighted by molar-refractivity contribution is 6.06. The molecule has 0 unspecified atom stereocenters. The number of fused-ring (bicyclic) bond motifs is 3. The summed E-state index contributed by atoms with van der Waals surface area (Å²) in [4.78, 5) is 0. The fourth-order valence-corrected chi connectivity index (χ4v) is 2.75. The maximum absolute atomic E-state index is 5.52. The lowest BCUT2D eigenvalue weighted by Crippen LogP contribution is -2.20. The van der Waals surface area contributed by atoms with Crippen molar-refractivity contribution in [3.8, 4) is 0 Å². The highest BCUT2D eigenvalue weighted by atomic mass is 16.5. The summed E-state index contributed by atoms with van der Waals surface area (Å²) >= 11 is 0. The number of nitrogens with zero attached hydrogens (tertiary/aromatic N) is 2. The Hall–Kier alpha value is -1.77. The predicted octanol–water partition coefficient (Wildman–Crippen LogP) is 4.84. The van der Waals surface area contributed by atoms with Crippen molar-refractivity contribution in [3.63, 3.8) is 0 Å². The molecular weight excluding hydrogens is 248 g/mol. The Labute approximate surface area is 119 Å². The number of benzene rings is 1. The van der Waals surface area contributed by atoms with Crippen molar-refractivity contribution in [2.75, 3.05) is 0 Å². The van der Waals surface area contributed by atoms with Gasteiger partial charge in [0.1, 0.15) is 0 Å². The van der Waals surface area contributed by atoms with Gasteiger partial charge in [0.05, 0.1) is 11.1 Å². The molecule has 0 radical (unpaired) electrons. The molecule has 0 aliphatic carbocycles. The Morgan fingerprint density at radius 3 is 2.30 bits per heavy atom. The van der Waals surface area contributed by atoms with Gasteiger partial charge in [0, 0.05) is 28.1 Å². The van der Waals surface area contributed by atoms with Crippen LogP contribution in [0, 0.1) is 0 Å². The molecule has 2 heterocycles. The average Bonchev–Trinajstić information content (AvgIpc) is 2.89. The molecule has 0 bridgehead atoms. The second kappa shape index (κ2) is 3.87. The van der Waals surface area contributed by atoms with Crippen LogP contribution in [0.5, 0.6) is 0 Å². The normalized spacial score (nSPS) is 13.5. The minimum Gasteiger partial charge on any atom is -0.356 e. The van der Waals surface area contributed by atoms with Gasteiger partial charge >= 0.3 is 0 Å². The zero-order valence-electron chi connectivity index (χ0n) is 13.1. The Morgan fingerprint density at radius 1 is 1.00 bits per heavy atom. The average molecular weight is 270 g/mol. The molecule has 0 atom stereocenters. The molecular formula is C17H22N2O. The van der Waals surface area contributed by atoms with Crippen LogP contribution in [-0.2, 0) is 11.0 Å². The first-order valence-electron chi connectivity index (χ1n) is 7.10. The minimum absolute atomic E-state index is 0.0244. The van der Waals surface area contributed by atoms with Crippen molar-refractivity contribution in [1.29, 1.82) is 0 Å². The molecule has 3 nitrogen and oxygen atoms in total. The summed E-state index contributed by atoms with van der Waals surface area (Å²) in [5.41, 5.74) is 3.18. The molecule has 0 saturated heterocycles. The minimum atomic E-state index is -0.0244. The predicted molar refractivity (Wildman–Crippen MR) is 83.2 cm³/mol. The Morgan fingerprint density at radius 2 is 1.70 bits per heavy atom. The molecule has 1 aromatic carbocycles. The van der Waals surface area contributed by atoms with Crippen molar-refractivity contribution in [2.45, 2.75) is 52.5 Å². The Bertz CT molecular complexity index is 779. The van der Waals surface area contributed by atoms with Gasteiger partial charge in [0.2, 0.25) is 0 Å². The van der Waals surface area contributed by atoms with Crippen molar-refractivity contribution in [1.82, 2.24) is 9.72 Å². The Kier molecular flexibility index (Phi) is 2.56. The quantitative estimate of drug-likeness (QED) is 0.585. The van der Waals surface area contributed by atoms with E-state index in [9.17, 15) is 0 Å². The van der Waals surface area contributed by atoms with E-state index < -0.39 is 0 Å². The molecule has 0 spiro atoms. The first-order chi connectivity index (χ1) is 9.19. The van der Waals surface area contributed by atoms with Crippen LogP contribution in [-0.4, -0.2) is 9.72 Å². The molecule has 2 aromatic heterocycles. The molecule has 0 saturated carbocycles. The first kappa shape index (κ1) is 13.2. The lowest BCUT2D eigenvalue weighted by atomic mass is 9.89. The summed E-state index contributed by atoms with van der Waals surface area (Å²) in [6.07, 6.45) is 2.16. The van der Waals surface area contributed by atoms with E-state index in [4.69, 9.17) is 4.52 Å². The zero-order chi connectivity index (χ0) is 14.7. The van der Waals surface area contributed by atoms with Gasteiger partial charge in [-0.15, -0.1) is 0 Å². The number of hydrogen-bond donors (Lipinski definition) is 0. The summed E-state index contributed by atoms with van der Waals surface area (Å²) < 4.78 is 7.83. The van der Waals surface area contributed by atoms with Gasteiger partial charge < -0.3 is 9.09 Å². The molecule has 0 fully saturated rings. The first-order valence-corrected chi connectivity index (χ1v) is 7.10.